The molecule has 0 fully saturated rings. The van der Waals surface area contributed by atoms with Crippen LogP contribution in [0.15, 0.2) is 48.5 Å². The van der Waals surface area contributed by atoms with E-state index in [0.717, 1.165) is 35.9 Å². The molecule has 3 aromatic rings. The van der Waals surface area contributed by atoms with Crippen LogP contribution in [0.2, 0.25) is 0 Å². The third kappa shape index (κ3) is 2.59. The molecule has 3 aromatic carbocycles. The molecule has 0 aliphatic carbocycles. The minimum absolute atomic E-state index is 0.278. The fraction of sp³-hybridized carbons (Fsp3) is 0.158. The lowest BCUT2D eigenvalue weighted by Crippen LogP contribution is -1.91. The van der Waals surface area contributed by atoms with Gasteiger partial charge in [0.25, 0.3) is 0 Å². The number of hydrogen-bond acceptors (Lipinski definition) is 0. The summed E-state index contributed by atoms with van der Waals surface area (Å²) in [5, 5.41) is 1.30. The maximum atomic E-state index is 14.8. The number of aryl methyl sites for hydroxylation is 1. The van der Waals surface area contributed by atoms with Gasteiger partial charge in [-0.3, -0.25) is 0 Å². The van der Waals surface area contributed by atoms with Gasteiger partial charge in [-0.05, 0) is 41.1 Å². The van der Waals surface area contributed by atoms with Crippen LogP contribution in [0, 0.1) is 17.5 Å². The first-order valence-electron chi connectivity index (χ1n) is 7.26. The Labute approximate surface area is 127 Å². The average molecular weight is 300 g/mol. The smallest absolute Gasteiger partial charge is 0.159 e. The molecule has 3 heteroatoms. The summed E-state index contributed by atoms with van der Waals surface area (Å²) in [5.41, 5.74) is 1.68. The lowest BCUT2D eigenvalue weighted by atomic mass is 9.98. The minimum atomic E-state index is -0.975. The molecule has 0 bridgehead atoms. The van der Waals surface area contributed by atoms with E-state index in [4.69, 9.17) is 0 Å². The summed E-state index contributed by atoms with van der Waals surface area (Å²) in [6, 6.07) is 12.5. The molecule has 0 unspecified atom stereocenters. The van der Waals surface area contributed by atoms with Crippen molar-refractivity contribution in [3.8, 4) is 11.1 Å². The summed E-state index contributed by atoms with van der Waals surface area (Å²) in [5.74, 6) is -2.31. The minimum Gasteiger partial charge on any atom is -0.206 e. The van der Waals surface area contributed by atoms with Crippen molar-refractivity contribution < 1.29 is 13.2 Å². The van der Waals surface area contributed by atoms with Crippen LogP contribution in [0.1, 0.15) is 18.9 Å². The Kier molecular flexibility index (Phi) is 3.88. The summed E-state index contributed by atoms with van der Waals surface area (Å²) in [6.45, 7) is 2.07. The SMILES string of the molecule is CCCc1ccc2ccc(-c3ccc(F)c(F)c3)c(F)c2c1. The van der Waals surface area contributed by atoms with Gasteiger partial charge < -0.3 is 0 Å². The van der Waals surface area contributed by atoms with E-state index in [1.54, 1.807) is 12.1 Å². The third-order valence-electron chi connectivity index (χ3n) is 3.79. The average Bonchev–Trinajstić information content (AvgIpc) is 2.51. The highest BCUT2D eigenvalue weighted by Crippen LogP contribution is 2.30. The van der Waals surface area contributed by atoms with Crippen molar-refractivity contribution in [1.82, 2.24) is 0 Å². The van der Waals surface area contributed by atoms with Gasteiger partial charge in [0.15, 0.2) is 11.6 Å². The Morgan fingerprint density at radius 1 is 0.818 bits per heavy atom. The van der Waals surface area contributed by atoms with Gasteiger partial charge in [-0.25, -0.2) is 13.2 Å². The summed E-state index contributed by atoms with van der Waals surface area (Å²) in [6.07, 6.45) is 1.86. The van der Waals surface area contributed by atoms with Gasteiger partial charge in [0.05, 0.1) is 0 Å². The number of hydrogen-bond donors (Lipinski definition) is 0. The van der Waals surface area contributed by atoms with E-state index >= 15 is 0 Å². The van der Waals surface area contributed by atoms with Crippen LogP contribution in [0.3, 0.4) is 0 Å². The van der Waals surface area contributed by atoms with E-state index in [1.807, 2.05) is 18.2 Å². The summed E-state index contributed by atoms with van der Waals surface area (Å²) < 4.78 is 41.2. The third-order valence-corrected chi connectivity index (χ3v) is 3.79. The van der Waals surface area contributed by atoms with E-state index in [2.05, 4.69) is 6.92 Å². The van der Waals surface area contributed by atoms with Gasteiger partial charge in [0.2, 0.25) is 0 Å². The first-order chi connectivity index (χ1) is 10.6. The summed E-state index contributed by atoms with van der Waals surface area (Å²) in [7, 11) is 0. The fourth-order valence-electron chi connectivity index (χ4n) is 2.66. The van der Waals surface area contributed by atoms with Crippen LogP contribution in [-0.4, -0.2) is 0 Å². The van der Waals surface area contributed by atoms with Crippen LogP contribution < -0.4 is 0 Å². The molecule has 3 rings (SSSR count). The van der Waals surface area contributed by atoms with Gasteiger partial charge in [-0.2, -0.15) is 0 Å². The zero-order chi connectivity index (χ0) is 15.7. The number of rotatable bonds is 3. The molecule has 0 heterocycles. The maximum Gasteiger partial charge on any atom is 0.159 e. The summed E-state index contributed by atoms with van der Waals surface area (Å²) in [4.78, 5) is 0. The Bertz CT molecular complexity index is 837. The van der Waals surface area contributed by atoms with Gasteiger partial charge in [-0.15, -0.1) is 0 Å². The van der Waals surface area contributed by atoms with Crippen molar-refractivity contribution in [2.75, 3.05) is 0 Å². The molecule has 0 N–H and O–H groups in total. The van der Waals surface area contributed by atoms with Gasteiger partial charge in [0.1, 0.15) is 5.82 Å². The van der Waals surface area contributed by atoms with Crippen LogP contribution in [-0.2, 0) is 6.42 Å². The molecule has 0 aliphatic rings. The molecule has 0 saturated heterocycles. The van der Waals surface area contributed by atoms with Crippen molar-refractivity contribution in [2.45, 2.75) is 19.8 Å². The second kappa shape index (κ2) is 5.84. The lowest BCUT2D eigenvalue weighted by Gasteiger charge is -2.09. The second-order valence-corrected chi connectivity index (χ2v) is 5.36. The molecule has 0 aliphatic heterocycles. The van der Waals surface area contributed by atoms with E-state index in [0.29, 0.717) is 10.9 Å². The molecule has 0 saturated carbocycles. The largest absolute Gasteiger partial charge is 0.206 e. The predicted molar refractivity (Wildman–Crippen MR) is 83.3 cm³/mol. The molecular formula is C19H15F3. The standard InChI is InChI=1S/C19H15F3/c1-2-3-12-4-5-13-6-8-15(19(22)16(13)10-12)14-7-9-17(20)18(21)11-14/h4-11H,2-3H2,1H3. The first-order valence-corrected chi connectivity index (χ1v) is 7.26. The van der Waals surface area contributed by atoms with Crippen molar-refractivity contribution in [3.05, 3.63) is 71.5 Å². The molecule has 0 nitrogen and oxygen atoms in total. The normalized spacial score (nSPS) is 11.1. The Morgan fingerprint density at radius 3 is 2.32 bits per heavy atom. The van der Waals surface area contributed by atoms with E-state index in [9.17, 15) is 13.2 Å². The van der Waals surface area contributed by atoms with Crippen LogP contribution in [0.5, 0.6) is 0 Å². The molecule has 0 spiro atoms. The monoisotopic (exact) mass is 300 g/mol. The highest BCUT2D eigenvalue weighted by molar-refractivity contribution is 5.88. The van der Waals surface area contributed by atoms with Gasteiger partial charge in [-0.1, -0.05) is 43.7 Å². The van der Waals surface area contributed by atoms with Crippen molar-refractivity contribution in [1.29, 1.82) is 0 Å². The van der Waals surface area contributed by atoms with Crippen LogP contribution >= 0.6 is 0 Å². The molecule has 0 atom stereocenters. The molecule has 22 heavy (non-hydrogen) atoms. The van der Waals surface area contributed by atoms with Gasteiger partial charge >= 0.3 is 0 Å². The molecule has 112 valence electrons. The van der Waals surface area contributed by atoms with E-state index < -0.39 is 17.5 Å². The fourth-order valence-corrected chi connectivity index (χ4v) is 2.66. The molecule has 0 amide bonds. The highest BCUT2D eigenvalue weighted by atomic mass is 19.2. The maximum absolute atomic E-state index is 14.8. The zero-order valence-electron chi connectivity index (χ0n) is 12.2. The molecular weight excluding hydrogens is 285 g/mol. The lowest BCUT2D eigenvalue weighted by molar-refractivity contribution is 0.509. The second-order valence-electron chi connectivity index (χ2n) is 5.36. The quantitative estimate of drug-likeness (QED) is 0.567. The topological polar surface area (TPSA) is 0 Å². The Hall–Kier alpha value is -2.29. The van der Waals surface area contributed by atoms with Crippen molar-refractivity contribution >= 4 is 10.8 Å². The van der Waals surface area contributed by atoms with Gasteiger partial charge in [0, 0.05) is 10.9 Å². The highest BCUT2D eigenvalue weighted by Gasteiger charge is 2.12. The predicted octanol–water partition coefficient (Wildman–Crippen LogP) is 5.88. The van der Waals surface area contributed by atoms with Crippen molar-refractivity contribution in [2.24, 2.45) is 0 Å². The zero-order valence-corrected chi connectivity index (χ0v) is 12.2. The first kappa shape index (κ1) is 14.6. The summed E-state index contributed by atoms with van der Waals surface area (Å²) >= 11 is 0. The Morgan fingerprint density at radius 2 is 1.59 bits per heavy atom. The number of fused-ring (bicyclic) bond motifs is 1. The molecule has 0 aromatic heterocycles. The van der Waals surface area contributed by atoms with Crippen molar-refractivity contribution in [3.63, 3.8) is 0 Å². The van der Waals surface area contributed by atoms with Crippen LogP contribution in [0.4, 0.5) is 13.2 Å². The van der Waals surface area contributed by atoms with Crippen LogP contribution in [0.25, 0.3) is 21.9 Å². The number of benzene rings is 3. The van der Waals surface area contributed by atoms with E-state index in [-0.39, 0.29) is 5.56 Å². The Balaban J connectivity index is 2.17. The van der Waals surface area contributed by atoms with E-state index in [1.165, 1.54) is 6.07 Å². The molecule has 0 radical (unpaired) electrons. The number of halogens is 3.